The maximum Gasteiger partial charge on any atom is 0.317 e. The fourth-order valence-electron chi connectivity index (χ4n) is 4.01. The Hall–Kier alpha value is -2.43. The lowest BCUT2D eigenvalue weighted by atomic mass is 9.56. The number of amides is 2. The van der Waals surface area contributed by atoms with E-state index in [1.165, 1.54) is 24.8 Å². The van der Waals surface area contributed by atoms with Gasteiger partial charge in [-0.25, -0.2) is 4.79 Å². The largest absolute Gasteiger partial charge is 0.338 e. The zero-order valence-electron chi connectivity index (χ0n) is 13.7. The Labute approximate surface area is 142 Å². The molecule has 1 aromatic carbocycles. The zero-order chi connectivity index (χ0) is 16.4. The van der Waals surface area contributed by atoms with Crippen LogP contribution in [0.5, 0.6) is 0 Å². The summed E-state index contributed by atoms with van der Waals surface area (Å²) in [6, 6.07) is 10.7. The highest BCUT2D eigenvalue weighted by Gasteiger charge is 2.57. The highest BCUT2D eigenvalue weighted by molar-refractivity contribution is 5.76. The molecule has 1 unspecified atom stereocenters. The monoisotopic (exact) mass is 322 g/mol. The number of rotatable bonds is 4. The highest BCUT2D eigenvalue weighted by atomic mass is 16.2. The molecular formula is C19H22N4O. The topological polar surface area (TPSA) is 58.1 Å². The minimum absolute atomic E-state index is 0.0327. The van der Waals surface area contributed by atoms with Crippen molar-refractivity contribution in [1.29, 1.82) is 0 Å². The third-order valence-electron chi connectivity index (χ3n) is 5.38. The van der Waals surface area contributed by atoms with E-state index in [2.05, 4.69) is 39.6 Å². The van der Waals surface area contributed by atoms with Crippen molar-refractivity contribution in [1.82, 2.24) is 20.2 Å². The summed E-state index contributed by atoms with van der Waals surface area (Å²) >= 11 is 0. The van der Waals surface area contributed by atoms with Crippen molar-refractivity contribution in [3.8, 4) is 0 Å². The number of carbonyl (C=O) groups is 1. The Morgan fingerprint density at radius 3 is 2.75 bits per heavy atom. The van der Waals surface area contributed by atoms with Gasteiger partial charge in [-0.1, -0.05) is 36.8 Å². The minimum Gasteiger partial charge on any atom is -0.338 e. The van der Waals surface area contributed by atoms with E-state index in [0.717, 1.165) is 12.2 Å². The zero-order valence-corrected chi connectivity index (χ0v) is 13.7. The summed E-state index contributed by atoms with van der Waals surface area (Å²) in [5.74, 6) is 0. The van der Waals surface area contributed by atoms with E-state index in [1.54, 1.807) is 18.6 Å². The van der Waals surface area contributed by atoms with Crippen LogP contribution >= 0.6 is 0 Å². The summed E-state index contributed by atoms with van der Waals surface area (Å²) in [4.78, 5) is 22.9. The normalized spacial score (nSPS) is 21.0. The van der Waals surface area contributed by atoms with Crippen molar-refractivity contribution >= 4 is 6.03 Å². The van der Waals surface area contributed by atoms with Crippen molar-refractivity contribution in [3.05, 3.63) is 60.2 Å². The van der Waals surface area contributed by atoms with Crippen LogP contribution in [0.25, 0.3) is 0 Å². The van der Waals surface area contributed by atoms with E-state index < -0.39 is 0 Å². The number of benzene rings is 1. The molecule has 1 atom stereocenters. The first kappa shape index (κ1) is 15.1. The number of nitrogens with zero attached hydrogens (tertiary/aromatic N) is 3. The Kier molecular flexibility index (Phi) is 3.92. The van der Waals surface area contributed by atoms with Crippen LogP contribution < -0.4 is 5.32 Å². The van der Waals surface area contributed by atoms with Crippen molar-refractivity contribution < 1.29 is 4.79 Å². The molecule has 1 saturated heterocycles. The molecule has 124 valence electrons. The predicted octanol–water partition coefficient (Wildman–Crippen LogP) is 2.96. The number of aromatic nitrogens is 2. The Morgan fingerprint density at radius 1 is 1.25 bits per heavy atom. The molecule has 5 heteroatoms. The summed E-state index contributed by atoms with van der Waals surface area (Å²) in [6.45, 7) is 1.46. The number of hydrogen-bond acceptors (Lipinski definition) is 3. The first-order valence-electron chi connectivity index (χ1n) is 8.63. The third kappa shape index (κ3) is 2.64. The lowest BCUT2D eigenvalue weighted by Crippen LogP contribution is -2.65. The smallest absolute Gasteiger partial charge is 0.317 e. The second-order valence-electron chi connectivity index (χ2n) is 6.84. The highest BCUT2D eigenvalue weighted by Crippen LogP contribution is 2.60. The van der Waals surface area contributed by atoms with E-state index >= 15 is 0 Å². The quantitative estimate of drug-likeness (QED) is 0.941. The van der Waals surface area contributed by atoms with Gasteiger partial charge >= 0.3 is 6.03 Å². The molecule has 2 amide bonds. The van der Waals surface area contributed by atoms with Crippen LogP contribution in [0.15, 0.2) is 48.9 Å². The molecule has 2 aliphatic rings. The molecule has 1 N–H and O–H groups in total. The minimum atomic E-state index is 0.0327. The van der Waals surface area contributed by atoms with E-state index in [1.807, 2.05) is 11.0 Å². The van der Waals surface area contributed by atoms with Crippen LogP contribution in [0, 0.1) is 5.41 Å². The molecule has 4 rings (SSSR count). The number of hydrogen-bond donors (Lipinski definition) is 1. The van der Waals surface area contributed by atoms with Gasteiger partial charge in [0.2, 0.25) is 0 Å². The lowest BCUT2D eigenvalue weighted by molar-refractivity contribution is -0.0997. The maximum absolute atomic E-state index is 12.6. The molecule has 1 aliphatic carbocycles. The van der Waals surface area contributed by atoms with Gasteiger partial charge in [0.1, 0.15) is 0 Å². The molecule has 1 aromatic heterocycles. The Morgan fingerprint density at radius 2 is 2.08 bits per heavy atom. The van der Waals surface area contributed by atoms with Crippen LogP contribution in [0.3, 0.4) is 0 Å². The van der Waals surface area contributed by atoms with Crippen LogP contribution in [-0.2, 0) is 6.42 Å². The molecule has 2 heterocycles. The molecule has 1 saturated carbocycles. The summed E-state index contributed by atoms with van der Waals surface area (Å²) in [5.41, 5.74) is 2.48. The number of nitrogens with one attached hydrogen (secondary N) is 1. The Balaban J connectivity index is 1.39. The van der Waals surface area contributed by atoms with Crippen molar-refractivity contribution in [2.24, 2.45) is 5.41 Å². The van der Waals surface area contributed by atoms with E-state index in [9.17, 15) is 4.79 Å². The molecular weight excluding hydrogens is 300 g/mol. The average molecular weight is 322 g/mol. The van der Waals surface area contributed by atoms with Gasteiger partial charge in [-0.05, 0) is 18.4 Å². The molecule has 0 bridgehead atoms. The van der Waals surface area contributed by atoms with Crippen LogP contribution in [0.2, 0.25) is 0 Å². The average Bonchev–Trinajstić information content (AvgIpc) is 2.55. The third-order valence-corrected chi connectivity index (χ3v) is 5.38. The predicted molar refractivity (Wildman–Crippen MR) is 91.3 cm³/mol. The fourth-order valence-corrected chi connectivity index (χ4v) is 4.01. The van der Waals surface area contributed by atoms with Gasteiger partial charge in [0, 0.05) is 43.5 Å². The van der Waals surface area contributed by atoms with Gasteiger partial charge in [-0.3, -0.25) is 9.97 Å². The van der Waals surface area contributed by atoms with Gasteiger partial charge in [-0.15, -0.1) is 0 Å². The maximum atomic E-state index is 12.6. The Bertz CT molecular complexity index is 700. The molecule has 0 radical (unpaired) electrons. The molecule has 1 aliphatic heterocycles. The van der Waals surface area contributed by atoms with Gasteiger partial charge in [0.15, 0.2) is 0 Å². The van der Waals surface area contributed by atoms with Crippen LogP contribution in [-0.4, -0.2) is 34.0 Å². The summed E-state index contributed by atoms with van der Waals surface area (Å²) < 4.78 is 0. The molecule has 2 fully saturated rings. The van der Waals surface area contributed by atoms with Gasteiger partial charge in [0.05, 0.1) is 11.7 Å². The van der Waals surface area contributed by atoms with Crippen molar-refractivity contribution in [2.75, 3.05) is 13.1 Å². The molecule has 5 nitrogen and oxygen atoms in total. The number of likely N-dealkylation sites (tertiary alicyclic amines) is 1. The van der Waals surface area contributed by atoms with Gasteiger partial charge in [-0.2, -0.15) is 0 Å². The second-order valence-corrected chi connectivity index (χ2v) is 6.84. The standard InChI is InChI=1S/C19H22N4O/c24-18(22-10-7-16-13-20-11-12-21-16)23-14-19(8-4-9-19)17(23)15-5-2-1-3-6-15/h1-3,5-6,11-13,17H,4,7-10,14H2,(H,22,24). The van der Waals surface area contributed by atoms with E-state index in [-0.39, 0.29) is 12.1 Å². The first-order chi connectivity index (χ1) is 11.8. The molecule has 24 heavy (non-hydrogen) atoms. The van der Waals surface area contributed by atoms with Crippen molar-refractivity contribution in [2.45, 2.75) is 31.7 Å². The molecule has 1 spiro atoms. The second kappa shape index (κ2) is 6.23. The lowest BCUT2D eigenvalue weighted by Gasteiger charge is -2.62. The summed E-state index contributed by atoms with van der Waals surface area (Å²) in [5, 5.41) is 3.04. The van der Waals surface area contributed by atoms with E-state index in [0.29, 0.717) is 18.4 Å². The fraction of sp³-hybridized carbons (Fsp3) is 0.421. The van der Waals surface area contributed by atoms with Crippen LogP contribution in [0.4, 0.5) is 4.79 Å². The first-order valence-corrected chi connectivity index (χ1v) is 8.63. The SMILES string of the molecule is O=C(NCCc1cnccn1)N1CC2(CCC2)C1c1ccccc1. The number of urea groups is 1. The van der Waals surface area contributed by atoms with E-state index in [4.69, 9.17) is 0 Å². The van der Waals surface area contributed by atoms with Crippen molar-refractivity contribution in [3.63, 3.8) is 0 Å². The van der Waals surface area contributed by atoms with Crippen LogP contribution in [0.1, 0.15) is 36.6 Å². The summed E-state index contributed by atoms with van der Waals surface area (Å²) in [6.07, 6.45) is 9.53. The van der Waals surface area contributed by atoms with Gasteiger partial charge in [0.25, 0.3) is 0 Å². The summed E-state index contributed by atoms with van der Waals surface area (Å²) in [7, 11) is 0. The van der Waals surface area contributed by atoms with Gasteiger partial charge < -0.3 is 10.2 Å². The molecule has 2 aromatic rings. The number of carbonyl (C=O) groups excluding carboxylic acids is 1.